The molecule has 8 heavy (non-hydrogen) atoms. The summed E-state index contributed by atoms with van der Waals surface area (Å²) in [5, 5.41) is -0.00752. The molecule has 0 amide bonds. The maximum absolute atomic E-state index is 7.15. The van der Waals surface area contributed by atoms with E-state index in [2.05, 4.69) is 25.9 Å². The Morgan fingerprint density at radius 2 is 2.50 bits per heavy atom. The average molecular weight is 195 g/mol. The van der Waals surface area contributed by atoms with Gasteiger partial charge < -0.3 is 0 Å². The summed E-state index contributed by atoms with van der Waals surface area (Å²) < 4.78 is 14.4. The highest BCUT2D eigenvalue weighted by molar-refractivity contribution is 9.10. The first-order valence-electron chi connectivity index (χ1n) is 2.77. The van der Waals surface area contributed by atoms with Gasteiger partial charge in [0.1, 0.15) is 17.4 Å². The van der Waals surface area contributed by atoms with E-state index in [1.54, 1.807) is 0 Å². The second-order valence-corrected chi connectivity index (χ2v) is 2.14. The topological polar surface area (TPSA) is 25.8 Å². The molecule has 0 atom stereocenters. The largest absolute Gasteiger partial charge is 0.229 e. The van der Waals surface area contributed by atoms with Crippen molar-refractivity contribution in [3.63, 3.8) is 0 Å². The summed E-state index contributed by atoms with van der Waals surface area (Å²) in [5.74, 6) is 0. The van der Waals surface area contributed by atoms with E-state index in [0.29, 0.717) is 0 Å². The van der Waals surface area contributed by atoms with Crippen molar-refractivity contribution in [3.8, 4) is 0 Å². The second kappa shape index (κ2) is 2.42. The molecule has 0 fully saturated rings. The van der Waals surface area contributed by atoms with Crippen molar-refractivity contribution in [2.24, 2.45) is 0 Å². The van der Waals surface area contributed by atoms with Gasteiger partial charge >= 0.3 is 0 Å². The van der Waals surface area contributed by atoms with Gasteiger partial charge in [0.2, 0.25) is 0 Å². The molecule has 0 N–H and O–H groups in total. The third-order valence-corrected chi connectivity index (χ3v) is 1.06. The molecule has 0 saturated carbocycles. The Balaban J connectivity index is 3.31. The molecule has 0 bridgehead atoms. The molecule has 0 spiro atoms. The minimum atomic E-state index is -0.187. The van der Waals surface area contributed by atoms with Gasteiger partial charge in [0, 0.05) is 6.04 Å². The van der Waals surface area contributed by atoms with Gasteiger partial charge in [-0.05, 0) is 15.9 Å². The molecule has 2 nitrogen and oxygen atoms in total. The van der Waals surface area contributed by atoms with Gasteiger partial charge in [-0.1, -0.05) is 11.6 Å². The molecule has 0 unspecified atom stereocenters. The zero-order valence-corrected chi connectivity index (χ0v) is 5.99. The Bertz CT molecular complexity index is 244. The van der Waals surface area contributed by atoms with Crippen molar-refractivity contribution >= 4 is 27.5 Å². The van der Waals surface area contributed by atoms with Gasteiger partial charge in [-0.15, -0.1) is 0 Å². The van der Waals surface area contributed by atoms with Crippen LogP contribution in [0.1, 0.15) is 2.74 Å². The number of nitrogens with zero attached hydrogens (tertiary/aromatic N) is 2. The quantitative estimate of drug-likeness (QED) is 0.591. The fourth-order valence-electron chi connectivity index (χ4n) is 0.254. The fraction of sp³-hybridized carbons (Fsp3) is 0. The SMILES string of the molecule is [2H]c1nc(Cl)c([2H])c(Br)n1. The summed E-state index contributed by atoms with van der Waals surface area (Å²) in [6.07, 6.45) is -0.187. The van der Waals surface area contributed by atoms with Gasteiger partial charge in [0.15, 0.2) is 0 Å². The molecule has 1 aromatic rings. The van der Waals surface area contributed by atoms with E-state index in [9.17, 15) is 0 Å². The molecule has 0 saturated heterocycles. The first-order chi connectivity index (χ1) is 4.61. The predicted octanol–water partition coefficient (Wildman–Crippen LogP) is 1.89. The molecule has 0 aliphatic heterocycles. The summed E-state index contributed by atoms with van der Waals surface area (Å²) in [7, 11) is 0. The van der Waals surface area contributed by atoms with Crippen LogP contribution in [0.15, 0.2) is 16.9 Å². The van der Waals surface area contributed by atoms with E-state index >= 15 is 0 Å². The summed E-state index contributed by atoms with van der Waals surface area (Å²) in [6, 6.07) is 0.0117. The Morgan fingerprint density at radius 3 is 3.12 bits per heavy atom. The second-order valence-electron chi connectivity index (χ2n) is 1.03. The van der Waals surface area contributed by atoms with Crippen LogP contribution in [-0.2, 0) is 0 Å². The summed E-state index contributed by atoms with van der Waals surface area (Å²) in [6.45, 7) is 0. The number of rotatable bonds is 0. The van der Waals surface area contributed by atoms with Gasteiger partial charge in [-0.2, -0.15) is 0 Å². The standard InChI is InChI=1S/C4H2BrClN2/c5-3-1-4(6)8-2-7-3/h1-2H/i1D,2D. The van der Waals surface area contributed by atoms with Crippen molar-refractivity contribution in [1.29, 1.82) is 0 Å². The van der Waals surface area contributed by atoms with E-state index in [1.807, 2.05) is 0 Å². The van der Waals surface area contributed by atoms with Crippen molar-refractivity contribution in [2.75, 3.05) is 0 Å². The Labute approximate surface area is 62.9 Å². The van der Waals surface area contributed by atoms with E-state index < -0.39 is 0 Å². The zero-order chi connectivity index (χ0) is 7.72. The lowest BCUT2D eigenvalue weighted by atomic mass is 10.7. The molecule has 0 aliphatic carbocycles. The third-order valence-electron chi connectivity index (χ3n) is 0.503. The minimum Gasteiger partial charge on any atom is -0.229 e. The summed E-state index contributed by atoms with van der Waals surface area (Å²) >= 11 is 8.38. The molecular formula is C4H2BrClN2. The van der Waals surface area contributed by atoms with Crippen molar-refractivity contribution in [3.05, 3.63) is 22.1 Å². The molecule has 42 valence electrons. The van der Waals surface area contributed by atoms with Gasteiger partial charge in [-0.25, -0.2) is 9.97 Å². The van der Waals surface area contributed by atoms with E-state index in [4.69, 9.17) is 14.3 Å². The fourth-order valence-corrected chi connectivity index (χ4v) is 0.762. The highest BCUT2D eigenvalue weighted by atomic mass is 79.9. The zero-order valence-electron chi connectivity index (χ0n) is 5.65. The van der Waals surface area contributed by atoms with Crippen LogP contribution in [-0.4, -0.2) is 9.97 Å². The number of hydrogen-bond acceptors (Lipinski definition) is 2. The van der Waals surface area contributed by atoms with Crippen LogP contribution in [0.3, 0.4) is 0 Å². The smallest absolute Gasteiger partial charge is 0.133 e. The number of aromatic nitrogens is 2. The molecular weight excluding hydrogens is 191 g/mol. The molecule has 0 aliphatic rings. The van der Waals surface area contributed by atoms with E-state index in [1.165, 1.54) is 0 Å². The first kappa shape index (κ1) is 3.80. The van der Waals surface area contributed by atoms with Crippen LogP contribution in [0, 0.1) is 0 Å². The van der Waals surface area contributed by atoms with Crippen LogP contribution < -0.4 is 0 Å². The lowest BCUT2D eigenvalue weighted by molar-refractivity contribution is 1.14. The molecule has 1 heterocycles. The van der Waals surface area contributed by atoms with Crippen LogP contribution in [0.4, 0.5) is 0 Å². The Kier molecular flexibility index (Phi) is 1.15. The maximum atomic E-state index is 7.15. The van der Waals surface area contributed by atoms with Crippen LogP contribution >= 0.6 is 27.5 Å². The van der Waals surface area contributed by atoms with Crippen molar-refractivity contribution in [2.45, 2.75) is 0 Å². The summed E-state index contributed by atoms with van der Waals surface area (Å²) in [4.78, 5) is 6.97. The maximum Gasteiger partial charge on any atom is 0.133 e. The monoisotopic (exact) mass is 194 g/mol. The van der Waals surface area contributed by atoms with Crippen LogP contribution in [0.2, 0.25) is 5.15 Å². The van der Waals surface area contributed by atoms with Crippen molar-refractivity contribution < 1.29 is 2.74 Å². The highest BCUT2D eigenvalue weighted by Gasteiger charge is 1.87. The van der Waals surface area contributed by atoms with Gasteiger partial charge in [0.25, 0.3) is 0 Å². The third kappa shape index (κ3) is 1.42. The predicted molar refractivity (Wildman–Crippen MR) is 34.7 cm³/mol. The lowest BCUT2D eigenvalue weighted by Crippen LogP contribution is -1.76. The normalized spacial score (nSPS) is 12.8. The lowest BCUT2D eigenvalue weighted by Gasteiger charge is -1.85. The van der Waals surface area contributed by atoms with Crippen LogP contribution in [0.25, 0.3) is 0 Å². The van der Waals surface area contributed by atoms with E-state index in [-0.39, 0.29) is 22.1 Å². The molecule has 4 heteroatoms. The molecule has 0 aromatic carbocycles. The Hall–Kier alpha value is -0.150. The Morgan fingerprint density at radius 1 is 1.75 bits per heavy atom. The molecule has 0 radical (unpaired) electrons. The minimum absolute atomic E-state index is 0.00752. The number of hydrogen-bond donors (Lipinski definition) is 0. The molecule has 1 rings (SSSR count). The van der Waals surface area contributed by atoms with Gasteiger partial charge in [0.05, 0.1) is 1.37 Å². The number of halogens is 2. The van der Waals surface area contributed by atoms with Crippen LogP contribution in [0.5, 0.6) is 0 Å². The average Bonchev–Trinajstić information content (AvgIpc) is 1.82. The van der Waals surface area contributed by atoms with Gasteiger partial charge in [-0.3, -0.25) is 0 Å². The van der Waals surface area contributed by atoms with Crippen molar-refractivity contribution in [1.82, 2.24) is 9.97 Å². The first-order valence-corrected chi connectivity index (χ1v) is 2.94. The van der Waals surface area contributed by atoms with E-state index in [0.717, 1.165) is 0 Å². The highest BCUT2D eigenvalue weighted by Crippen LogP contribution is 2.08. The molecule has 1 aromatic heterocycles. The summed E-state index contributed by atoms with van der Waals surface area (Å²) in [5.41, 5.74) is 0.